The van der Waals surface area contributed by atoms with Gasteiger partial charge in [-0.1, -0.05) is 0 Å². The first-order chi connectivity index (χ1) is 5.67. The summed E-state index contributed by atoms with van der Waals surface area (Å²) in [5.74, 6) is 0.624. The molecule has 0 bridgehead atoms. The summed E-state index contributed by atoms with van der Waals surface area (Å²) in [5.41, 5.74) is 5.64. The SMILES string of the molecule is CNCN(C)/C(NC)=C(/N)C=O. The monoisotopic (exact) mass is 172 g/mol. The maximum absolute atomic E-state index is 10.3. The van der Waals surface area contributed by atoms with Crippen molar-refractivity contribution >= 4 is 6.29 Å². The van der Waals surface area contributed by atoms with E-state index in [1.807, 2.05) is 19.0 Å². The standard InChI is InChI=1S/C7H16N4O/c1-9-5-11(3)7(10-2)6(8)4-12/h4,9-10H,5,8H2,1-3H3/b7-6+. The van der Waals surface area contributed by atoms with Crippen molar-refractivity contribution in [3.05, 3.63) is 11.5 Å². The fourth-order valence-electron chi connectivity index (χ4n) is 0.928. The molecule has 0 rings (SSSR count). The zero-order chi connectivity index (χ0) is 9.56. The van der Waals surface area contributed by atoms with Crippen LogP contribution in [0.4, 0.5) is 0 Å². The molecule has 0 amide bonds. The van der Waals surface area contributed by atoms with Crippen LogP contribution >= 0.6 is 0 Å². The van der Waals surface area contributed by atoms with Crippen molar-refractivity contribution in [2.45, 2.75) is 0 Å². The molecule has 0 aromatic heterocycles. The zero-order valence-corrected chi connectivity index (χ0v) is 7.72. The summed E-state index contributed by atoms with van der Waals surface area (Å²) in [6, 6.07) is 0. The van der Waals surface area contributed by atoms with Crippen molar-refractivity contribution in [1.82, 2.24) is 15.5 Å². The van der Waals surface area contributed by atoms with E-state index in [0.717, 1.165) is 0 Å². The van der Waals surface area contributed by atoms with Gasteiger partial charge in [-0.25, -0.2) is 0 Å². The van der Waals surface area contributed by atoms with Gasteiger partial charge < -0.3 is 21.3 Å². The van der Waals surface area contributed by atoms with Gasteiger partial charge in [0.05, 0.1) is 6.67 Å². The molecule has 0 aliphatic rings. The summed E-state index contributed by atoms with van der Waals surface area (Å²) in [6.45, 7) is 0.630. The second kappa shape index (κ2) is 5.42. The highest BCUT2D eigenvalue weighted by Gasteiger charge is 2.04. The quantitative estimate of drug-likeness (QED) is 0.271. The normalized spacial score (nSPS) is 11.9. The van der Waals surface area contributed by atoms with E-state index in [-0.39, 0.29) is 5.70 Å². The first-order valence-electron chi connectivity index (χ1n) is 3.65. The molecule has 5 nitrogen and oxygen atoms in total. The maximum atomic E-state index is 10.3. The highest BCUT2D eigenvalue weighted by molar-refractivity contribution is 5.72. The van der Waals surface area contributed by atoms with Gasteiger partial charge in [0.1, 0.15) is 11.5 Å². The molecule has 0 atom stereocenters. The van der Waals surface area contributed by atoms with Crippen LogP contribution in [-0.2, 0) is 4.79 Å². The number of carbonyl (C=O) groups excluding carboxylic acids is 1. The Balaban J connectivity index is 4.42. The third-order valence-corrected chi connectivity index (χ3v) is 1.41. The average molecular weight is 172 g/mol. The Morgan fingerprint density at radius 2 is 2.17 bits per heavy atom. The lowest BCUT2D eigenvalue weighted by molar-refractivity contribution is -0.105. The number of aldehydes is 1. The molecule has 70 valence electrons. The third-order valence-electron chi connectivity index (χ3n) is 1.41. The Hall–Kier alpha value is -1.23. The second-order valence-corrected chi connectivity index (χ2v) is 2.38. The summed E-state index contributed by atoms with van der Waals surface area (Å²) in [5, 5.41) is 5.79. The van der Waals surface area contributed by atoms with E-state index >= 15 is 0 Å². The first kappa shape index (κ1) is 10.8. The van der Waals surface area contributed by atoms with E-state index in [9.17, 15) is 4.79 Å². The van der Waals surface area contributed by atoms with E-state index in [4.69, 9.17) is 5.73 Å². The zero-order valence-electron chi connectivity index (χ0n) is 7.72. The van der Waals surface area contributed by atoms with Gasteiger partial charge >= 0.3 is 0 Å². The second-order valence-electron chi connectivity index (χ2n) is 2.38. The van der Waals surface area contributed by atoms with Crippen molar-refractivity contribution in [3.8, 4) is 0 Å². The van der Waals surface area contributed by atoms with Crippen molar-refractivity contribution in [2.75, 3.05) is 27.8 Å². The van der Waals surface area contributed by atoms with Crippen LogP contribution in [0.5, 0.6) is 0 Å². The van der Waals surface area contributed by atoms with E-state index in [2.05, 4.69) is 10.6 Å². The summed E-state index contributed by atoms with van der Waals surface area (Å²) < 4.78 is 0. The highest BCUT2D eigenvalue weighted by Crippen LogP contribution is 1.96. The smallest absolute Gasteiger partial charge is 0.169 e. The lowest BCUT2D eigenvalue weighted by Crippen LogP contribution is -2.35. The third kappa shape index (κ3) is 2.79. The van der Waals surface area contributed by atoms with Crippen LogP contribution in [0.15, 0.2) is 11.5 Å². The number of nitrogens with two attached hydrogens (primary N) is 1. The Morgan fingerprint density at radius 1 is 1.58 bits per heavy atom. The van der Waals surface area contributed by atoms with Gasteiger partial charge in [-0.3, -0.25) is 4.79 Å². The number of nitrogens with one attached hydrogen (secondary N) is 2. The van der Waals surface area contributed by atoms with Gasteiger partial charge in [0.15, 0.2) is 6.29 Å². The minimum Gasteiger partial charge on any atom is -0.393 e. The molecule has 0 saturated carbocycles. The highest BCUT2D eigenvalue weighted by atomic mass is 16.1. The fourth-order valence-corrected chi connectivity index (χ4v) is 0.928. The molecule has 4 N–H and O–H groups in total. The van der Waals surface area contributed by atoms with Crippen molar-refractivity contribution in [2.24, 2.45) is 5.73 Å². The molecular formula is C7H16N4O. The molecule has 0 aliphatic heterocycles. The van der Waals surface area contributed by atoms with E-state index < -0.39 is 0 Å². The van der Waals surface area contributed by atoms with Crippen LogP contribution in [0.1, 0.15) is 0 Å². The summed E-state index contributed by atoms with van der Waals surface area (Å²) >= 11 is 0. The van der Waals surface area contributed by atoms with Crippen LogP contribution in [0.25, 0.3) is 0 Å². The lowest BCUT2D eigenvalue weighted by Gasteiger charge is -2.22. The van der Waals surface area contributed by atoms with Crippen molar-refractivity contribution < 1.29 is 4.79 Å². The summed E-state index contributed by atoms with van der Waals surface area (Å²) in [7, 11) is 5.37. The van der Waals surface area contributed by atoms with Gasteiger partial charge in [-0.05, 0) is 7.05 Å². The molecule has 5 heteroatoms. The fraction of sp³-hybridized carbons (Fsp3) is 0.571. The predicted molar refractivity (Wildman–Crippen MR) is 48.0 cm³/mol. The molecule has 0 fully saturated rings. The topological polar surface area (TPSA) is 70.4 Å². The number of allylic oxidation sites excluding steroid dienone is 1. The van der Waals surface area contributed by atoms with Gasteiger partial charge in [-0.2, -0.15) is 0 Å². The van der Waals surface area contributed by atoms with Gasteiger partial charge in [-0.15, -0.1) is 0 Å². The molecule has 0 spiro atoms. The molecule has 12 heavy (non-hydrogen) atoms. The van der Waals surface area contributed by atoms with Crippen LogP contribution in [0.2, 0.25) is 0 Å². The van der Waals surface area contributed by atoms with E-state index in [1.165, 1.54) is 0 Å². The molecule has 0 unspecified atom stereocenters. The lowest BCUT2D eigenvalue weighted by atomic mass is 10.4. The number of hydrogen-bond donors (Lipinski definition) is 3. The summed E-state index contributed by atoms with van der Waals surface area (Å²) in [4.78, 5) is 12.2. The van der Waals surface area contributed by atoms with Gasteiger partial charge in [0, 0.05) is 14.1 Å². The molecule has 0 aromatic rings. The number of hydrogen-bond acceptors (Lipinski definition) is 5. The minimum absolute atomic E-state index is 0.204. The number of carbonyl (C=O) groups is 1. The van der Waals surface area contributed by atoms with Gasteiger partial charge in [0.2, 0.25) is 0 Å². The van der Waals surface area contributed by atoms with Crippen LogP contribution in [0, 0.1) is 0 Å². The predicted octanol–water partition coefficient (Wildman–Crippen LogP) is -1.36. The van der Waals surface area contributed by atoms with Crippen LogP contribution < -0.4 is 16.4 Å². The average Bonchev–Trinajstić information content (AvgIpc) is 2.06. The Bertz CT molecular complexity index is 178. The number of rotatable bonds is 5. The first-order valence-corrected chi connectivity index (χ1v) is 3.65. The molecule has 0 heterocycles. The molecule has 0 saturated heterocycles. The summed E-state index contributed by atoms with van der Waals surface area (Å²) in [6.07, 6.45) is 0.623. The van der Waals surface area contributed by atoms with Crippen molar-refractivity contribution in [1.29, 1.82) is 0 Å². The minimum atomic E-state index is 0.204. The number of nitrogens with zero attached hydrogens (tertiary/aromatic N) is 1. The largest absolute Gasteiger partial charge is 0.393 e. The van der Waals surface area contributed by atoms with Crippen LogP contribution in [0.3, 0.4) is 0 Å². The van der Waals surface area contributed by atoms with Crippen molar-refractivity contribution in [3.63, 3.8) is 0 Å². The van der Waals surface area contributed by atoms with Crippen LogP contribution in [-0.4, -0.2) is 39.0 Å². The van der Waals surface area contributed by atoms with Gasteiger partial charge in [0.25, 0.3) is 0 Å². The molecule has 0 radical (unpaired) electrons. The maximum Gasteiger partial charge on any atom is 0.169 e. The Kier molecular flexibility index (Phi) is 4.87. The van der Waals surface area contributed by atoms with E-state index in [1.54, 1.807) is 7.05 Å². The van der Waals surface area contributed by atoms with E-state index in [0.29, 0.717) is 18.8 Å². The molecule has 0 aromatic carbocycles. The Morgan fingerprint density at radius 3 is 2.50 bits per heavy atom. The molecule has 0 aliphatic carbocycles. The molecular weight excluding hydrogens is 156 g/mol. The Labute approximate surface area is 72.6 Å².